The molecule has 0 atom stereocenters. The zero-order valence-corrected chi connectivity index (χ0v) is 14.5. The van der Waals surface area contributed by atoms with Gasteiger partial charge in [0, 0.05) is 0 Å². The van der Waals surface area contributed by atoms with Crippen molar-refractivity contribution in [3.63, 3.8) is 0 Å². The van der Waals surface area contributed by atoms with Crippen molar-refractivity contribution >= 4 is 23.8 Å². The minimum absolute atomic E-state index is 0.446. The Morgan fingerprint density at radius 3 is 0.952 bits per heavy atom. The van der Waals surface area contributed by atoms with Crippen molar-refractivity contribution in [3.8, 4) is 0 Å². The maximum absolute atomic E-state index is 8.22. The molecule has 0 saturated carbocycles. The van der Waals surface area contributed by atoms with Crippen LogP contribution in [0.25, 0.3) is 0 Å². The number of benzene rings is 3. The van der Waals surface area contributed by atoms with Gasteiger partial charge in [0.05, 0.1) is 0 Å². The van der Waals surface area contributed by atoms with Crippen LogP contribution in [0.1, 0.15) is 0 Å². The van der Waals surface area contributed by atoms with Gasteiger partial charge in [-0.25, -0.2) is 0 Å². The van der Waals surface area contributed by atoms with Crippen molar-refractivity contribution in [3.05, 3.63) is 91.0 Å². The average Bonchev–Trinajstić information content (AvgIpc) is 2.60. The molecule has 0 aliphatic rings. The molecule has 21 heavy (non-hydrogen) atoms. The molecule has 0 spiro atoms. The Hall–Kier alpha value is -1.42. The molecule has 0 radical (unpaired) electrons. The van der Waals surface area contributed by atoms with Crippen LogP contribution in [0.3, 0.4) is 0 Å². The van der Waals surface area contributed by atoms with Crippen LogP contribution >= 0.6 is 7.92 Å². The van der Waals surface area contributed by atoms with Crippen LogP contribution in [-0.2, 0) is 23.2 Å². The van der Waals surface area contributed by atoms with Gasteiger partial charge in [0.25, 0.3) is 0 Å². The van der Waals surface area contributed by atoms with Crippen molar-refractivity contribution in [2.24, 2.45) is 0 Å². The Morgan fingerprint density at radius 1 is 0.476 bits per heavy atom. The van der Waals surface area contributed by atoms with Crippen LogP contribution in [-0.4, -0.2) is 0 Å². The van der Waals surface area contributed by atoms with Crippen LogP contribution in [0.4, 0.5) is 0 Å². The van der Waals surface area contributed by atoms with Crippen LogP contribution in [0, 0.1) is 0 Å². The summed E-state index contributed by atoms with van der Waals surface area (Å²) >= 11 is 0.889. The quantitative estimate of drug-likeness (QED) is 0.534. The molecule has 0 heterocycles. The van der Waals surface area contributed by atoms with Crippen LogP contribution in [0.5, 0.6) is 0 Å². The molecule has 0 N–H and O–H groups in total. The third kappa shape index (κ3) is 4.27. The van der Waals surface area contributed by atoms with Crippen molar-refractivity contribution < 1.29 is 23.2 Å². The first-order valence-corrected chi connectivity index (χ1v) is 8.80. The summed E-state index contributed by atoms with van der Waals surface area (Å²) in [4.78, 5) is 0. The van der Waals surface area contributed by atoms with E-state index in [0.717, 1.165) is 19.8 Å². The van der Waals surface area contributed by atoms with Gasteiger partial charge in [-0.05, 0) is 23.8 Å². The Balaban J connectivity index is 0.000000774. The van der Waals surface area contributed by atoms with Gasteiger partial charge in [0.1, 0.15) is 0 Å². The van der Waals surface area contributed by atoms with Gasteiger partial charge in [-0.3, -0.25) is 0 Å². The van der Waals surface area contributed by atoms with E-state index in [1.807, 2.05) is 0 Å². The molecule has 0 bridgehead atoms. The van der Waals surface area contributed by atoms with Gasteiger partial charge in [0.2, 0.25) is 0 Å². The molecule has 0 amide bonds. The molecule has 0 fully saturated rings. The second-order valence-corrected chi connectivity index (χ2v) is 6.56. The number of hydrogen-bond donors (Lipinski definition) is 0. The Morgan fingerprint density at radius 2 is 0.714 bits per heavy atom. The van der Waals surface area contributed by atoms with Gasteiger partial charge >= 0.3 is 23.2 Å². The standard InChI is InChI=1S/C18H15P.O.Pt/c1-4-10-16(11-5-1)19(17-12-6-2-7-13-17)18-14-8-3-9-15-18;;/h1-15H;;. The minimum Gasteiger partial charge on any atom is -0.0622 e. The molecule has 3 aromatic rings. The number of hydrogen-bond acceptors (Lipinski definition) is 1. The molecular weight excluding hydrogens is 458 g/mol. The van der Waals surface area contributed by atoms with Crippen molar-refractivity contribution in [2.75, 3.05) is 0 Å². The molecule has 0 unspecified atom stereocenters. The van der Waals surface area contributed by atoms with Gasteiger partial charge in [-0.15, -0.1) is 0 Å². The first-order chi connectivity index (χ1) is 10.4. The van der Waals surface area contributed by atoms with Gasteiger partial charge in [-0.1, -0.05) is 91.0 Å². The first-order valence-electron chi connectivity index (χ1n) is 6.53. The van der Waals surface area contributed by atoms with E-state index in [2.05, 4.69) is 91.0 Å². The summed E-state index contributed by atoms with van der Waals surface area (Å²) in [6, 6.07) is 32.3. The zero-order chi connectivity index (χ0) is 14.9. The summed E-state index contributed by atoms with van der Waals surface area (Å²) in [6.07, 6.45) is 0. The van der Waals surface area contributed by atoms with E-state index in [0.29, 0.717) is 0 Å². The van der Waals surface area contributed by atoms with E-state index in [9.17, 15) is 0 Å². The predicted molar refractivity (Wildman–Crippen MR) is 85.8 cm³/mol. The van der Waals surface area contributed by atoms with E-state index in [4.69, 9.17) is 3.40 Å². The Kier molecular flexibility index (Phi) is 6.67. The third-order valence-electron chi connectivity index (χ3n) is 3.04. The van der Waals surface area contributed by atoms with Gasteiger partial charge < -0.3 is 0 Å². The average molecular weight is 473 g/mol. The fourth-order valence-electron chi connectivity index (χ4n) is 2.18. The molecule has 108 valence electrons. The molecule has 0 aromatic heterocycles. The smallest absolute Gasteiger partial charge is 0.0134 e. The minimum atomic E-state index is -0.446. The molecule has 3 aromatic carbocycles. The monoisotopic (exact) mass is 473 g/mol. The van der Waals surface area contributed by atoms with E-state index in [-0.39, 0.29) is 0 Å². The second-order valence-electron chi connectivity index (χ2n) is 4.34. The van der Waals surface area contributed by atoms with Gasteiger partial charge in [-0.2, -0.15) is 0 Å². The van der Waals surface area contributed by atoms with Crippen molar-refractivity contribution in [1.82, 2.24) is 0 Å². The maximum atomic E-state index is 8.22. The molecule has 3 heteroatoms. The fraction of sp³-hybridized carbons (Fsp3) is 0. The fourth-order valence-corrected chi connectivity index (χ4v) is 4.48. The van der Waals surface area contributed by atoms with Gasteiger partial charge in [0.15, 0.2) is 0 Å². The summed E-state index contributed by atoms with van der Waals surface area (Å²) in [5.74, 6) is 0. The maximum Gasteiger partial charge on any atom is -0.0134 e. The van der Waals surface area contributed by atoms with Crippen LogP contribution < -0.4 is 15.9 Å². The zero-order valence-electron chi connectivity index (χ0n) is 11.3. The molecule has 1 nitrogen and oxygen atoms in total. The Labute approximate surface area is 138 Å². The SMILES string of the molecule is [O]=[Pt].c1ccc(P(c2ccccc2)c2ccccc2)cc1. The molecule has 0 aliphatic carbocycles. The summed E-state index contributed by atoms with van der Waals surface area (Å²) in [7, 11) is -0.446. The Bertz CT molecular complexity index is 550. The molecular formula is C18H15OPPt. The normalized spacial score (nSPS) is 9.86. The van der Waals surface area contributed by atoms with Crippen molar-refractivity contribution in [1.29, 1.82) is 0 Å². The van der Waals surface area contributed by atoms with Crippen molar-refractivity contribution in [2.45, 2.75) is 0 Å². The van der Waals surface area contributed by atoms with Crippen LogP contribution in [0.2, 0.25) is 0 Å². The van der Waals surface area contributed by atoms with E-state index >= 15 is 0 Å². The van der Waals surface area contributed by atoms with E-state index in [1.54, 1.807) is 0 Å². The molecule has 3 rings (SSSR count). The molecule has 0 aliphatic heterocycles. The van der Waals surface area contributed by atoms with Crippen LogP contribution in [0.15, 0.2) is 91.0 Å². The predicted octanol–water partition coefficient (Wildman–Crippen LogP) is 3.32. The number of rotatable bonds is 3. The third-order valence-corrected chi connectivity index (χ3v) is 5.49. The van der Waals surface area contributed by atoms with E-state index in [1.165, 1.54) is 15.9 Å². The first kappa shape index (κ1) is 16.0. The second kappa shape index (κ2) is 8.77. The summed E-state index contributed by atoms with van der Waals surface area (Å²) in [5, 5.41) is 4.19. The summed E-state index contributed by atoms with van der Waals surface area (Å²) in [5.41, 5.74) is 0. The van der Waals surface area contributed by atoms with E-state index < -0.39 is 7.92 Å². The molecule has 0 saturated heterocycles. The topological polar surface area (TPSA) is 17.1 Å². The summed E-state index contributed by atoms with van der Waals surface area (Å²) in [6.45, 7) is 0. The largest absolute Gasteiger partial charge is 0.0622 e. The summed E-state index contributed by atoms with van der Waals surface area (Å²) < 4.78 is 8.22.